The van der Waals surface area contributed by atoms with Crippen LogP contribution in [-0.4, -0.2) is 31.2 Å². The summed E-state index contributed by atoms with van der Waals surface area (Å²) in [5.41, 5.74) is 1.30. The number of ketones is 1. The topological polar surface area (TPSA) is 38.8 Å². The number of hydrogen-bond donors (Lipinski definition) is 0. The summed E-state index contributed by atoms with van der Waals surface area (Å²) in [6.45, 7) is 9.55. The van der Waals surface area contributed by atoms with Crippen molar-refractivity contribution in [2.45, 2.75) is 65.1 Å². The zero-order valence-corrected chi connectivity index (χ0v) is 13.5. The number of Topliss-reactive ketones (excluding diaryl/α,β-unsaturated/α-hetero) is 1. The molecule has 3 nitrogen and oxygen atoms in total. The molecule has 0 aromatic carbocycles. The summed E-state index contributed by atoms with van der Waals surface area (Å²) >= 11 is 0. The predicted octanol–water partition coefficient (Wildman–Crippen LogP) is 3.52. The third-order valence-electron chi connectivity index (χ3n) is 4.93. The summed E-state index contributed by atoms with van der Waals surface area (Å²) in [7, 11) is 1.66. The van der Waals surface area contributed by atoms with E-state index < -0.39 is 0 Å². The Balaban J connectivity index is 2.16. The molecule has 2 rings (SSSR count). The number of carbonyl (C=O) groups excluding carboxylic acids is 1. The SMILES string of the molecule is COC1C(=O)CCC2(CO2)C1C(C)(C)CCC=C(C)C. The highest BCUT2D eigenvalue weighted by molar-refractivity contribution is 5.85. The number of allylic oxidation sites excluding steroid dienone is 2. The molecular formula is C17H28O3. The fourth-order valence-corrected chi connectivity index (χ4v) is 3.79. The molecule has 0 bridgehead atoms. The van der Waals surface area contributed by atoms with Gasteiger partial charge in [-0.2, -0.15) is 0 Å². The maximum Gasteiger partial charge on any atom is 0.162 e. The molecule has 2 aliphatic rings. The van der Waals surface area contributed by atoms with Gasteiger partial charge in [0.25, 0.3) is 0 Å². The van der Waals surface area contributed by atoms with E-state index in [-0.39, 0.29) is 28.8 Å². The quantitative estimate of drug-likeness (QED) is 0.571. The van der Waals surface area contributed by atoms with Gasteiger partial charge in [-0.1, -0.05) is 25.5 Å². The predicted molar refractivity (Wildman–Crippen MR) is 79.7 cm³/mol. The van der Waals surface area contributed by atoms with Crippen LogP contribution in [0.15, 0.2) is 11.6 Å². The monoisotopic (exact) mass is 280 g/mol. The van der Waals surface area contributed by atoms with Gasteiger partial charge >= 0.3 is 0 Å². The lowest BCUT2D eigenvalue weighted by Crippen LogP contribution is -2.52. The van der Waals surface area contributed by atoms with E-state index in [1.165, 1.54) is 5.57 Å². The number of carbonyl (C=O) groups is 1. The van der Waals surface area contributed by atoms with Gasteiger partial charge in [-0.05, 0) is 38.5 Å². The number of rotatable bonds is 5. The lowest BCUT2D eigenvalue weighted by atomic mass is 9.62. The molecule has 3 atom stereocenters. The van der Waals surface area contributed by atoms with Gasteiger partial charge in [-0.25, -0.2) is 0 Å². The number of methoxy groups -OCH3 is 1. The number of hydrogen-bond acceptors (Lipinski definition) is 3. The van der Waals surface area contributed by atoms with Gasteiger partial charge in [0, 0.05) is 19.4 Å². The summed E-state index contributed by atoms with van der Waals surface area (Å²) in [4.78, 5) is 12.2. The summed E-state index contributed by atoms with van der Waals surface area (Å²) in [5, 5.41) is 0. The van der Waals surface area contributed by atoms with Crippen LogP contribution < -0.4 is 0 Å². The van der Waals surface area contributed by atoms with Crippen LogP contribution in [0.5, 0.6) is 0 Å². The molecule has 0 aromatic heterocycles. The van der Waals surface area contributed by atoms with Crippen molar-refractivity contribution in [2.75, 3.05) is 13.7 Å². The van der Waals surface area contributed by atoms with Crippen LogP contribution in [0, 0.1) is 11.3 Å². The first-order valence-corrected chi connectivity index (χ1v) is 7.65. The summed E-state index contributed by atoms with van der Waals surface area (Å²) < 4.78 is 11.4. The molecule has 0 amide bonds. The first kappa shape index (κ1) is 15.7. The van der Waals surface area contributed by atoms with E-state index in [1.807, 2.05) is 0 Å². The van der Waals surface area contributed by atoms with Crippen molar-refractivity contribution in [1.29, 1.82) is 0 Å². The minimum atomic E-state index is -0.298. The number of epoxide rings is 1. The maximum absolute atomic E-state index is 12.2. The number of ether oxygens (including phenoxy) is 2. The Labute approximate surface area is 122 Å². The van der Waals surface area contributed by atoms with Gasteiger partial charge in [-0.3, -0.25) is 4.79 Å². The lowest BCUT2D eigenvalue weighted by Gasteiger charge is -2.44. The van der Waals surface area contributed by atoms with Gasteiger partial charge in [0.1, 0.15) is 6.10 Å². The van der Waals surface area contributed by atoms with E-state index in [4.69, 9.17) is 9.47 Å². The average molecular weight is 280 g/mol. The fourth-order valence-electron chi connectivity index (χ4n) is 3.79. The van der Waals surface area contributed by atoms with Crippen LogP contribution in [0.1, 0.15) is 53.4 Å². The summed E-state index contributed by atoms with van der Waals surface area (Å²) in [6, 6.07) is 0. The minimum Gasteiger partial charge on any atom is -0.373 e. The Bertz CT molecular complexity index is 400. The molecule has 1 aliphatic carbocycles. The second kappa shape index (κ2) is 5.61. The molecule has 1 spiro atoms. The highest BCUT2D eigenvalue weighted by Gasteiger charge is 2.62. The van der Waals surface area contributed by atoms with Gasteiger partial charge in [0.2, 0.25) is 0 Å². The molecule has 0 radical (unpaired) electrons. The molecule has 1 aliphatic heterocycles. The Hall–Kier alpha value is -0.670. The molecule has 2 fully saturated rings. The van der Waals surface area contributed by atoms with E-state index >= 15 is 0 Å². The van der Waals surface area contributed by atoms with Crippen molar-refractivity contribution in [2.24, 2.45) is 11.3 Å². The highest BCUT2D eigenvalue weighted by atomic mass is 16.6. The zero-order valence-electron chi connectivity index (χ0n) is 13.5. The van der Waals surface area contributed by atoms with Crippen LogP contribution in [0.25, 0.3) is 0 Å². The zero-order chi connectivity index (χ0) is 15.0. The smallest absolute Gasteiger partial charge is 0.162 e. The van der Waals surface area contributed by atoms with Crippen LogP contribution in [0.3, 0.4) is 0 Å². The molecule has 1 saturated carbocycles. The van der Waals surface area contributed by atoms with Crippen molar-refractivity contribution in [1.82, 2.24) is 0 Å². The van der Waals surface area contributed by atoms with Crippen LogP contribution in [-0.2, 0) is 14.3 Å². The Morgan fingerprint density at radius 1 is 1.50 bits per heavy atom. The van der Waals surface area contributed by atoms with Gasteiger partial charge in [0.15, 0.2) is 5.78 Å². The van der Waals surface area contributed by atoms with Gasteiger partial charge in [-0.15, -0.1) is 0 Å². The first-order valence-electron chi connectivity index (χ1n) is 7.65. The summed E-state index contributed by atoms with van der Waals surface area (Å²) in [6.07, 6.45) is 5.54. The van der Waals surface area contributed by atoms with Crippen molar-refractivity contribution >= 4 is 5.78 Å². The normalized spacial score (nSPS) is 33.4. The minimum absolute atomic E-state index is 0.0409. The van der Waals surface area contributed by atoms with Crippen molar-refractivity contribution in [3.8, 4) is 0 Å². The molecule has 1 saturated heterocycles. The van der Waals surface area contributed by atoms with E-state index in [9.17, 15) is 4.79 Å². The Morgan fingerprint density at radius 2 is 2.15 bits per heavy atom. The molecule has 1 heterocycles. The Kier molecular flexibility index (Phi) is 4.41. The van der Waals surface area contributed by atoms with Crippen LogP contribution in [0.4, 0.5) is 0 Å². The first-order chi connectivity index (χ1) is 9.32. The maximum atomic E-state index is 12.2. The van der Waals surface area contributed by atoms with E-state index in [1.54, 1.807) is 7.11 Å². The van der Waals surface area contributed by atoms with Crippen molar-refractivity contribution < 1.29 is 14.3 Å². The molecule has 0 aromatic rings. The van der Waals surface area contributed by atoms with Crippen molar-refractivity contribution in [3.05, 3.63) is 11.6 Å². The average Bonchev–Trinajstić information content (AvgIpc) is 3.11. The second-order valence-electron chi connectivity index (χ2n) is 7.26. The van der Waals surface area contributed by atoms with Gasteiger partial charge < -0.3 is 9.47 Å². The van der Waals surface area contributed by atoms with Crippen LogP contribution >= 0.6 is 0 Å². The van der Waals surface area contributed by atoms with E-state index in [2.05, 4.69) is 33.8 Å². The standard InChI is InChI=1S/C17H28O3/c1-12(2)7-6-9-16(3,4)15-14(19-5)13(18)8-10-17(15)11-20-17/h7,14-15H,6,8-11H2,1-5H3. The van der Waals surface area contributed by atoms with E-state index in [0.29, 0.717) is 6.42 Å². The van der Waals surface area contributed by atoms with Gasteiger partial charge in [0.05, 0.1) is 12.2 Å². The molecule has 3 unspecified atom stereocenters. The molecular weight excluding hydrogens is 252 g/mol. The Morgan fingerprint density at radius 3 is 2.65 bits per heavy atom. The van der Waals surface area contributed by atoms with Crippen LogP contribution in [0.2, 0.25) is 0 Å². The van der Waals surface area contributed by atoms with Crippen molar-refractivity contribution in [3.63, 3.8) is 0 Å². The third-order valence-corrected chi connectivity index (χ3v) is 4.93. The second-order valence-corrected chi connectivity index (χ2v) is 7.26. The largest absolute Gasteiger partial charge is 0.373 e. The highest BCUT2D eigenvalue weighted by Crippen LogP contribution is 2.54. The fraction of sp³-hybridized carbons (Fsp3) is 0.824. The molecule has 3 heteroatoms. The molecule has 0 N–H and O–H groups in total. The summed E-state index contributed by atoms with van der Waals surface area (Å²) in [5.74, 6) is 0.417. The third kappa shape index (κ3) is 2.99. The lowest BCUT2D eigenvalue weighted by molar-refractivity contribution is -0.146. The molecule has 20 heavy (non-hydrogen) atoms. The van der Waals surface area contributed by atoms with E-state index in [0.717, 1.165) is 25.9 Å². The molecule has 114 valence electrons.